The summed E-state index contributed by atoms with van der Waals surface area (Å²) in [6, 6.07) is 0.648. The molecule has 3 nitrogen and oxygen atoms in total. The number of hydrogen-bond donors (Lipinski definition) is 0. The first kappa shape index (κ1) is 11.3. The van der Waals surface area contributed by atoms with Crippen LogP contribution in [0.1, 0.15) is 56.7 Å². The molecule has 3 heteroatoms. The highest BCUT2D eigenvalue weighted by Gasteiger charge is 2.28. The molecule has 2 aliphatic heterocycles. The minimum atomic E-state index is 0.648. The van der Waals surface area contributed by atoms with Crippen molar-refractivity contribution in [2.45, 2.75) is 65.1 Å². The summed E-state index contributed by atoms with van der Waals surface area (Å²) in [5.74, 6) is 2.01. The van der Waals surface area contributed by atoms with Gasteiger partial charge in [-0.3, -0.25) is 4.90 Å². The molecular formula is C14H23N3. The van der Waals surface area contributed by atoms with E-state index in [1.807, 2.05) is 0 Å². The van der Waals surface area contributed by atoms with Crippen LogP contribution in [-0.4, -0.2) is 27.0 Å². The summed E-state index contributed by atoms with van der Waals surface area (Å²) in [6.45, 7) is 10.4. The normalized spacial score (nSPS) is 24.8. The Kier molecular flexibility index (Phi) is 2.74. The Morgan fingerprint density at radius 3 is 2.88 bits per heavy atom. The molecule has 94 valence electrons. The van der Waals surface area contributed by atoms with Crippen LogP contribution in [-0.2, 0) is 19.5 Å². The summed E-state index contributed by atoms with van der Waals surface area (Å²) >= 11 is 0. The fraction of sp³-hybridized carbons (Fsp3) is 0.786. The smallest absolute Gasteiger partial charge is 0.112 e. The van der Waals surface area contributed by atoms with Gasteiger partial charge in [-0.2, -0.15) is 0 Å². The number of nitrogens with zero attached hydrogens (tertiary/aromatic N) is 3. The third-order valence-electron chi connectivity index (χ3n) is 4.36. The summed E-state index contributed by atoms with van der Waals surface area (Å²) < 4.78 is 2.51. The van der Waals surface area contributed by atoms with E-state index in [0.717, 1.165) is 13.0 Å². The van der Waals surface area contributed by atoms with Crippen LogP contribution >= 0.6 is 0 Å². The van der Waals surface area contributed by atoms with Crippen molar-refractivity contribution in [1.29, 1.82) is 0 Å². The van der Waals surface area contributed by atoms with Crippen molar-refractivity contribution >= 4 is 0 Å². The number of fused-ring (bicyclic) bond motifs is 3. The molecule has 1 aromatic rings. The molecule has 0 aliphatic carbocycles. The monoisotopic (exact) mass is 233 g/mol. The zero-order valence-electron chi connectivity index (χ0n) is 11.2. The largest absolute Gasteiger partial charge is 0.330 e. The lowest BCUT2D eigenvalue weighted by molar-refractivity contribution is 0.195. The van der Waals surface area contributed by atoms with Crippen LogP contribution in [0.2, 0.25) is 0 Å². The Bertz CT molecular complexity index is 419. The van der Waals surface area contributed by atoms with Gasteiger partial charge in [0, 0.05) is 38.0 Å². The third-order valence-corrected chi connectivity index (χ3v) is 4.36. The summed E-state index contributed by atoms with van der Waals surface area (Å²) in [5, 5.41) is 0. The molecule has 0 fully saturated rings. The van der Waals surface area contributed by atoms with Crippen molar-refractivity contribution < 1.29 is 0 Å². The molecular weight excluding hydrogens is 210 g/mol. The lowest BCUT2D eigenvalue weighted by Gasteiger charge is -2.31. The maximum Gasteiger partial charge on any atom is 0.112 e. The molecule has 2 aliphatic rings. The van der Waals surface area contributed by atoms with Gasteiger partial charge in [-0.15, -0.1) is 0 Å². The number of rotatable bonds is 1. The van der Waals surface area contributed by atoms with E-state index in [1.165, 1.54) is 43.1 Å². The van der Waals surface area contributed by atoms with Crippen molar-refractivity contribution in [3.63, 3.8) is 0 Å². The molecule has 1 atom stereocenters. The molecule has 1 unspecified atom stereocenters. The van der Waals surface area contributed by atoms with Gasteiger partial charge in [-0.25, -0.2) is 4.98 Å². The van der Waals surface area contributed by atoms with Gasteiger partial charge in [0.05, 0.1) is 11.4 Å². The predicted octanol–water partition coefficient (Wildman–Crippen LogP) is 2.55. The van der Waals surface area contributed by atoms with E-state index in [-0.39, 0.29) is 0 Å². The van der Waals surface area contributed by atoms with Crippen molar-refractivity contribution in [1.82, 2.24) is 14.5 Å². The lowest BCUT2D eigenvalue weighted by Crippen LogP contribution is -2.36. The van der Waals surface area contributed by atoms with E-state index in [4.69, 9.17) is 4.98 Å². The van der Waals surface area contributed by atoms with Gasteiger partial charge in [0.1, 0.15) is 5.82 Å². The molecule has 3 heterocycles. The average Bonchev–Trinajstić information content (AvgIpc) is 2.68. The van der Waals surface area contributed by atoms with E-state index >= 15 is 0 Å². The molecule has 3 rings (SSSR count). The molecule has 0 bridgehead atoms. The van der Waals surface area contributed by atoms with Crippen LogP contribution in [0.25, 0.3) is 0 Å². The standard InChI is InChI=1S/C14H23N3/c1-10(2)16-8-6-12-13(9-16)17-7-4-5-11(3)14(17)15-12/h10-11H,4-9H2,1-3H3. The van der Waals surface area contributed by atoms with Gasteiger partial charge < -0.3 is 4.57 Å². The van der Waals surface area contributed by atoms with E-state index in [0.29, 0.717) is 12.0 Å². The topological polar surface area (TPSA) is 21.1 Å². The Morgan fingerprint density at radius 1 is 1.29 bits per heavy atom. The van der Waals surface area contributed by atoms with Crippen molar-refractivity contribution in [2.24, 2.45) is 0 Å². The van der Waals surface area contributed by atoms with E-state index in [1.54, 1.807) is 0 Å². The second-order valence-electron chi connectivity index (χ2n) is 5.87. The number of hydrogen-bond acceptors (Lipinski definition) is 2. The van der Waals surface area contributed by atoms with Crippen LogP contribution in [0.5, 0.6) is 0 Å². The maximum atomic E-state index is 4.90. The first-order chi connectivity index (χ1) is 8.16. The Labute approximate surface area is 104 Å². The fourth-order valence-corrected chi connectivity index (χ4v) is 3.21. The van der Waals surface area contributed by atoms with Crippen LogP contribution in [0.15, 0.2) is 0 Å². The first-order valence-electron chi connectivity index (χ1n) is 6.99. The van der Waals surface area contributed by atoms with E-state index < -0.39 is 0 Å². The molecule has 0 radical (unpaired) electrons. The fourth-order valence-electron chi connectivity index (χ4n) is 3.21. The molecule has 0 N–H and O–H groups in total. The number of imidazole rings is 1. The maximum absolute atomic E-state index is 4.90. The molecule has 0 spiro atoms. The van der Waals surface area contributed by atoms with Gasteiger partial charge in [0.2, 0.25) is 0 Å². The molecule has 0 saturated carbocycles. The van der Waals surface area contributed by atoms with E-state index in [9.17, 15) is 0 Å². The van der Waals surface area contributed by atoms with Crippen LogP contribution in [0, 0.1) is 0 Å². The average molecular weight is 233 g/mol. The molecule has 0 saturated heterocycles. The predicted molar refractivity (Wildman–Crippen MR) is 69.1 cm³/mol. The SMILES string of the molecule is CC1CCCn2c1nc1c2CN(C(C)C)CC1. The number of aromatic nitrogens is 2. The highest BCUT2D eigenvalue weighted by Crippen LogP contribution is 2.31. The Balaban J connectivity index is 1.96. The second-order valence-corrected chi connectivity index (χ2v) is 5.87. The van der Waals surface area contributed by atoms with Gasteiger partial charge >= 0.3 is 0 Å². The van der Waals surface area contributed by atoms with Gasteiger partial charge in [0.25, 0.3) is 0 Å². The highest BCUT2D eigenvalue weighted by atomic mass is 15.2. The zero-order chi connectivity index (χ0) is 12.0. The zero-order valence-corrected chi connectivity index (χ0v) is 11.2. The third kappa shape index (κ3) is 1.81. The first-order valence-corrected chi connectivity index (χ1v) is 6.99. The summed E-state index contributed by atoms with van der Waals surface area (Å²) in [6.07, 6.45) is 3.77. The molecule has 17 heavy (non-hydrogen) atoms. The van der Waals surface area contributed by atoms with Crippen molar-refractivity contribution in [3.05, 3.63) is 17.2 Å². The molecule has 1 aromatic heterocycles. The summed E-state index contributed by atoms with van der Waals surface area (Å²) in [5.41, 5.74) is 2.89. The van der Waals surface area contributed by atoms with Crippen LogP contribution in [0.3, 0.4) is 0 Å². The van der Waals surface area contributed by atoms with Crippen molar-refractivity contribution in [2.75, 3.05) is 6.54 Å². The molecule has 0 aromatic carbocycles. The van der Waals surface area contributed by atoms with Gasteiger partial charge in [-0.05, 0) is 26.7 Å². The van der Waals surface area contributed by atoms with E-state index in [2.05, 4.69) is 30.2 Å². The molecule has 0 amide bonds. The van der Waals surface area contributed by atoms with Crippen LogP contribution < -0.4 is 0 Å². The van der Waals surface area contributed by atoms with Crippen LogP contribution in [0.4, 0.5) is 0 Å². The van der Waals surface area contributed by atoms with Crippen molar-refractivity contribution in [3.8, 4) is 0 Å². The second kappa shape index (κ2) is 4.13. The lowest BCUT2D eigenvalue weighted by atomic mass is 10.0. The van der Waals surface area contributed by atoms with Gasteiger partial charge in [0.15, 0.2) is 0 Å². The quantitative estimate of drug-likeness (QED) is 0.743. The summed E-state index contributed by atoms with van der Waals surface area (Å²) in [4.78, 5) is 7.47. The minimum absolute atomic E-state index is 0.648. The Morgan fingerprint density at radius 2 is 2.12 bits per heavy atom. The van der Waals surface area contributed by atoms with Gasteiger partial charge in [-0.1, -0.05) is 6.92 Å². The minimum Gasteiger partial charge on any atom is -0.330 e. The summed E-state index contributed by atoms with van der Waals surface area (Å²) in [7, 11) is 0. The highest BCUT2D eigenvalue weighted by molar-refractivity contribution is 5.23. The Hall–Kier alpha value is -0.830.